The molecule has 2 aliphatic rings. The number of guanidine groups is 1. The minimum Gasteiger partial charge on any atom is -0.444 e. The first-order valence-electron chi connectivity index (χ1n) is 9.19. The van der Waals surface area contributed by atoms with Crippen molar-refractivity contribution in [3.63, 3.8) is 0 Å². The Balaban J connectivity index is 1.46. The largest absolute Gasteiger partial charge is 0.444 e. The molecule has 1 aromatic carbocycles. The molecule has 2 amide bonds. The number of aliphatic imine (C=N–C) groups is 1. The van der Waals surface area contributed by atoms with Gasteiger partial charge in [-0.05, 0) is 32.9 Å². The molecule has 0 saturated carbocycles. The third kappa shape index (κ3) is 5.12. The smallest absolute Gasteiger partial charge is 0.410 e. The van der Waals surface area contributed by atoms with Crippen molar-refractivity contribution < 1.29 is 14.3 Å². The van der Waals surface area contributed by atoms with Gasteiger partial charge in [0, 0.05) is 25.3 Å². The van der Waals surface area contributed by atoms with E-state index in [1.807, 2.05) is 51.1 Å². The van der Waals surface area contributed by atoms with Crippen LogP contribution in [0.5, 0.6) is 0 Å². The summed E-state index contributed by atoms with van der Waals surface area (Å²) < 4.78 is 5.45. The van der Waals surface area contributed by atoms with Crippen molar-refractivity contribution >= 4 is 23.6 Å². The molecule has 0 aliphatic carbocycles. The van der Waals surface area contributed by atoms with Gasteiger partial charge in [-0.3, -0.25) is 9.79 Å². The molecule has 2 N–H and O–H groups in total. The Kier molecular flexibility index (Phi) is 5.53. The number of carbonyl (C=O) groups excluding carboxylic acids is 2. The molecule has 2 aliphatic heterocycles. The molecule has 1 atom stereocenters. The van der Waals surface area contributed by atoms with Crippen molar-refractivity contribution in [1.82, 2.24) is 15.1 Å². The van der Waals surface area contributed by atoms with E-state index in [9.17, 15) is 9.59 Å². The van der Waals surface area contributed by atoms with Gasteiger partial charge in [0.1, 0.15) is 5.60 Å². The van der Waals surface area contributed by atoms with Crippen LogP contribution in [-0.2, 0) is 9.53 Å². The van der Waals surface area contributed by atoms with Crippen LogP contribution in [0.2, 0.25) is 0 Å². The number of ether oxygens (including phenoxy) is 1. The monoisotopic (exact) mass is 373 g/mol. The lowest BCUT2D eigenvalue weighted by molar-refractivity contribution is -0.115. The quantitative estimate of drug-likeness (QED) is 0.839. The zero-order valence-corrected chi connectivity index (χ0v) is 16.1. The van der Waals surface area contributed by atoms with Crippen LogP contribution >= 0.6 is 0 Å². The highest BCUT2D eigenvalue weighted by atomic mass is 16.6. The standard InChI is InChI=1S/C19H27N5O3/c1-19(2,3)27-18(26)23-9-10-24-15(13-23)11-20-17(24)21-12-16(25)22-14-7-5-4-6-8-14/h4-8,15H,9-13H2,1-3H3,(H,20,21)(H,22,25). The second-order valence-corrected chi connectivity index (χ2v) is 7.71. The number of carbonyl (C=O) groups is 2. The summed E-state index contributed by atoms with van der Waals surface area (Å²) in [4.78, 5) is 32.7. The normalized spacial score (nSPS) is 19.2. The summed E-state index contributed by atoms with van der Waals surface area (Å²) in [6.45, 7) is 8.14. The topological polar surface area (TPSA) is 86.3 Å². The first kappa shape index (κ1) is 19.0. The van der Waals surface area contributed by atoms with Gasteiger partial charge in [0.15, 0.2) is 5.96 Å². The summed E-state index contributed by atoms with van der Waals surface area (Å²) in [5.41, 5.74) is 0.265. The van der Waals surface area contributed by atoms with Gasteiger partial charge in [-0.25, -0.2) is 4.79 Å². The molecule has 0 aromatic heterocycles. The summed E-state index contributed by atoms with van der Waals surface area (Å²) in [7, 11) is 0. The number of anilines is 1. The van der Waals surface area contributed by atoms with Crippen molar-refractivity contribution in [2.45, 2.75) is 32.4 Å². The fourth-order valence-corrected chi connectivity index (χ4v) is 3.11. The molecule has 8 nitrogen and oxygen atoms in total. The highest BCUT2D eigenvalue weighted by molar-refractivity contribution is 5.95. The van der Waals surface area contributed by atoms with E-state index in [-0.39, 0.29) is 24.6 Å². The number of nitrogens with zero attached hydrogens (tertiary/aromatic N) is 3. The van der Waals surface area contributed by atoms with Gasteiger partial charge in [0.2, 0.25) is 5.91 Å². The Hall–Kier alpha value is -2.77. The van der Waals surface area contributed by atoms with Gasteiger partial charge in [-0.15, -0.1) is 0 Å². The van der Waals surface area contributed by atoms with Gasteiger partial charge in [0.05, 0.1) is 19.1 Å². The second kappa shape index (κ2) is 7.85. The number of hydrogen-bond acceptors (Lipinski definition) is 6. The maximum Gasteiger partial charge on any atom is 0.410 e. The van der Waals surface area contributed by atoms with Crippen molar-refractivity contribution in [1.29, 1.82) is 0 Å². The van der Waals surface area contributed by atoms with E-state index in [1.165, 1.54) is 0 Å². The summed E-state index contributed by atoms with van der Waals surface area (Å²) in [5.74, 6) is 0.590. The number of amides is 2. The lowest BCUT2D eigenvalue weighted by Gasteiger charge is -2.39. The van der Waals surface area contributed by atoms with Crippen LogP contribution in [0.3, 0.4) is 0 Å². The van der Waals surface area contributed by atoms with Gasteiger partial charge in [0.25, 0.3) is 0 Å². The van der Waals surface area contributed by atoms with E-state index < -0.39 is 5.60 Å². The average molecular weight is 373 g/mol. The van der Waals surface area contributed by atoms with Gasteiger partial charge < -0.3 is 25.2 Å². The number of para-hydroxylation sites is 1. The first-order chi connectivity index (χ1) is 12.8. The molecule has 1 fully saturated rings. The van der Waals surface area contributed by atoms with Crippen LogP contribution in [0.25, 0.3) is 0 Å². The molecule has 146 valence electrons. The van der Waals surface area contributed by atoms with E-state index >= 15 is 0 Å². The van der Waals surface area contributed by atoms with E-state index in [4.69, 9.17) is 4.74 Å². The average Bonchev–Trinajstić information content (AvgIpc) is 3.01. The third-order valence-corrected chi connectivity index (χ3v) is 4.32. The number of hydrogen-bond donors (Lipinski definition) is 2. The summed E-state index contributed by atoms with van der Waals surface area (Å²) in [5, 5.41) is 5.95. The molecule has 0 spiro atoms. The number of piperazine rings is 1. The second-order valence-electron chi connectivity index (χ2n) is 7.71. The Morgan fingerprint density at radius 3 is 2.67 bits per heavy atom. The predicted molar refractivity (Wildman–Crippen MR) is 104 cm³/mol. The summed E-state index contributed by atoms with van der Waals surface area (Å²) in [6, 6.07) is 9.45. The van der Waals surface area contributed by atoms with E-state index in [0.717, 1.165) is 5.69 Å². The van der Waals surface area contributed by atoms with E-state index in [0.29, 0.717) is 32.1 Å². The lowest BCUT2D eigenvalue weighted by atomic mass is 10.2. The molecular weight excluding hydrogens is 346 g/mol. The molecule has 1 unspecified atom stereocenters. The van der Waals surface area contributed by atoms with Crippen LogP contribution in [0, 0.1) is 0 Å². The van der Waals surface area contributed by atoms with Gasteiger partial charge >= 0.3 is 6.09 Å². The number of fused-ring (bicyclic) bond motifs is 1. The molecule has 0 bridgehead atoms. The van der Waals surface area contributed by atoms with Crippen LogP contribution in [0.4, 0.5) is 10.5 Å². The Morgan fingerprint density at radius 1 is 1.22 bits per heavy atom. The molecule has 2 heterocycles. The first-order valence-corrected chi connectivity index (χ1v) is 9.19. The van der Waals surface area contributed by atoms with Crippen molar-refractivity contribution in [3.05, 3.63) is 30.3 Å². The highest BCUT2D eigenvalue weighted by Gasteiger charge is 2.36. The van der Waals surface area contributed by atoms with Crippen molar-refractivity contribution in [2.24, 2.45) is 4.99 Å². The number of benzene rings is 1. The molecule has 8 heteroatoms. The molecular formula is C19H27N5O3. The summed E-state index contributed by atoms with van der Waals surface area (Å²) >= 11 is 0. The van der Waals surface area contributed by atoms with Crippen LogP contribution in [-0.4, -0.2) is 72.1 Å². The SMILES string of the molecule is CC(C)(C)OC(=O)N1CCN2C(NCC(=O)Nc3ccccc3)=NCC2C1. The number of nitrogens with one attached hydrogen (secondary N) is 2. The third-order valence-electron chi connectivity index (χ3n) is 4.32. The van der Waals surface area contributed by atoms with Crippen LogP contribution in [0.1, 0.15) is 20.8 Å². The van der Waals surface area contributed by atoms with Crippen molar-refractivity contribution in [2.75, 3.05) is 38.0 Å². The Bertz CT molecular complexity index is 714. The zero-order chi connectivity index (χ0) is 19.4. The maximum atomic E-state index is 12.3. The van der Waals surface area contributed by atoms with Crippen LogP contribution < -0.4 is 10.6 Å². The van der Waals surface area contributed by atoms with Crippen molar-refractivity contribution in [3.8, 4) is 0 Å². The molecule has 1 saturated heterocycles. The molecule has 3 rings (SSSR count). The lowest BCUT2D eigenvalue weighted by Crippen LogP contribution is -2.58. The fraction of sp³-hybridized carbons (Fsp3) is 0.526. The minimum atomic E-state index is -0.501. The molecule has 27 heavy (non-hydrogen) atoms. The Morgan fingerprint density at radius 2 is 1.96 bits per heavy atom. The van der Waals surface area contributed by atoms with Gasteiger partial charge in [-0.1, -0.05) is 18.2 Å². The zero-order valence-electron chi connectivity index (χ0n) is 16.1. The van der Waals surface area contributed by atoms with Gasteiger partial charge in [-0.2, -0.15) is 0 Å². The van der Waals surface area contributed by atoms with Crippen LogP contribution in [0.15, 0.2) is 35.3 Å². The Labute approximate surface area is 159 Å². The predicted octanol–water partition coefficient (Wildman–Crippen LogP) is 1.51. The van der Waals surface area contributed by atoms with E-state index in [1.54, 1.807) is 4.90 Å². The fourth-order valence-electron chi connectivity index (χ4n) is 3.11. The maximum absolute atomic E-state index is 12.3. The van der Waals surface area contributed by atoms with E-state index in [2.05, 4.69) is 20.5 Å². The molecule has 0 radical (unpaired) electrons. The molecule has 1 aromatic rings. The number of rotatable bonds is 3. The summed E-state index contributed by atoms with van der Waals surface area (Å²) in [6.07, 6.45) is -0.286. The highest BCUT2D eigenvalue weighted by Crippen LogP contribution is 2.18. The minimum absolute atomic E-state index is 0.117.